The van der Waals surface area contributed by atoms with Gasteiger partial charge in [-0.2, -0.15) is 0 Å². The quantitative estimate of drug-likeness (QED) is 0.251. The van der Waals surface area contributed by atoms with E-state index in [2.05, 4.69) is 20.8 Å². The second-order valence-corrected chi connectivity index (χ2v) is 8.83. The Bertz CT molecular complexity index is 929. The van der Waals surface area contributed by atoms with Crippen LogP contribution in [0.4, 0.5) is 0 Å². The Labute approximate surface area is 185 Å². The van der Waals surface area contributed by atoms with E-state index >= 15 is 0 Å². The van der Waals surface area contributed by atoms with Gasteiger partial charge in [-0.15, -0.1) is 0 Å². The van der Waals surface area contributed by atoms with E-state index in [1.807, 2.05) is 19.9 Å². The summed E-state index contributed by atoms with van der Waals surface area (Å²) in [6, 6.07) is 9.80. The maximum atomic E-state index is 12.8. The van der Waals surface area contributed by atoms with Crippen LogP contribution in [0.2, 0.25) is 0 Å². The van der Waals surface area contributed by atoms with Gasteiger partial charge < -0.3 is 14.9 Å². The molecule has 2 N–H and O–H groups in total. The van der Waals surface area contributed by atoms with Crippen LogP contribution in [0.25, 0.3) is 0 Å². The lowest BCUT2D eigenvalue weighted by molar-refractivity contribution is 0.0680. The summed E-state index contributed by atoms with van der Waals surface area (Å²) in [6.45, 7) is 10.4. The normalized spacial score (nSPS) is 12.4. The molecule has 1 unspecified atom stereocenters. The van der Waals surface area contributed by atoms with Gasteiger partial charge in [0.1, 0.15) is 22.6 Å². The number of carboxylic acid groups (broad SMARTS) is 1. The average Bonchev–Trinajstić information content (AvgIpc) is 2.73. The van der Waals surface area contributed by atoms with E-state index in [-0.39, 0.29) is 34.0 Å². The highest BCUT2D eigenvalue weighted by molar-refractivity contribution is 5.97. The molecular formula is C26H34O5. The number of unbranched alkanes of at least 4 members (excludes halogenated alkanes) is 2. The summed E-state index contributed by atoms with van der Waals surface area (Å²) in [5.74, 6) is -1.97. The largest absolute Gasteiger partial charge is 0.507 e. The molecule has 2 rings (SSSR count). The van der Waals surface area contributed by atoms with Crippen molar-refractivity contribution in [3.8, 4) is 11.5 Å². The zero-order chi connectivity index (χ0) is 23.2. The molecule has 31 heavy (non-hydrogen) atoms. The molecule has 168 valence electrons. The monoisotopic (exact) mass is 426 g/mol. The molecule has 0 aliphatic carbocycles. The van der Waals surface area contributed by atoms with Crippen LogP contribution in [0, 0.1) is 0 Å². The Kier molecular flexibility index (Phi) is 8.26. The van der Waals surface area contributed by atoms with Crippen LogP contribution in [0.3, 0.4) is 0 Å². The van der Waals surface area contributed by atoms with E-state index in [0.717, 1.165) is 43.2 Å². The van der Waals surface area contributed by atoms with E-state index in [4.69, 9.17) is 4.74 Å². The van der Waals surface area contributed by atoms with Crippen molar-refractivity contribution in [2.75, 3.05) is 0 Å². The number of rotatable bonds is 10. The Balaban J connectivity index is 2.32. The Morgan fingerprint density at radius 3 is 2.35 bits per heavy atom. The van der Waals surface area contributed by atoms with Crippen molar-refractivity contribution < 1.29 is 24.5 Å². The van der Waals surface area contributed by atoms with Crippen LogP contribution < -0.4 is 4.74 Å². The van der Waals surface area contributed by atoms with Crippen molar-refractivity contribution in [1.29, 1.82) is 0 Å². The van der Waals surface area contributed by atoms with Crippen LogP contribution in [-0.2, 0) is 5.41 Å². The number of carbonyl (C=O) groups excluding carboxylic acids is 1. The molecule has 0 bridgehead atoms. The number of carboxylic acids is 1. The predicted molar refractivity (Wildman–Crippen MR) is 122 cm³/mol. The van der Waals surface area contributed by atoms with Gasteiger partial charge in [0.15, 0.2) is 0 Å². The van der Waals surface area contributed by atoms with Gasteiger partial charge >= 0.3 is 11.9 Å². The summed E-state index contributed by atoms with van der Waals surface area (Å²) in [6.07, 6.45) is 5.17. The second kappa shape index (κ2) is 10.5. The van der Waals surface area contributed by atoms with E-state index in [9.17, 15) is 19.8 Å². The lowest BCUT2D eigenvalue weighted by Gasteiger charge is -2.26. The number of ether oxygens (including phenoxy) is 1. The van der Waals surface area contributed by atoms with Crippen molar-refractivity contribution in [2.24, 2.45) is 0 Å². The first-order valence-electron chi connectivity index (χ1n) is 11.0. The molecule has 0 aromatic heterocycles. The third kappa shape index (κ3) is 6.09. The Hall–Kier alpha value is -2.82. The highest BCUT2D eigenvalue weighted by Gasteiger charge is 2.25. The number of phenolic OH excluding ortho intramolecular Hbond substituents is 1. The maximum Gasteiger partial charge on any atom is 0.347 e. The maximum absolute atomic E-state index is 12.8. The van der Waals surface area contributed by atoms with Gasteiger partial charge in [-0.25, -0.2) is 9.59 Å². The molecular weight excluding hydrogens is 392 g/mol. The second-order valence-electron chi connectivity index (χ2n) is 8.83. The average molecular weight is 427 g/mol. The van der Waals surface area contributed by atoms with Gasteiger partial charge in [-0.3, -0.25) is 0 Å². The van der Waals surface area contributed by atoms with Crippen molar-refractivity contribution in [2.45, 2.75) is 78.1 Å². The molecule has 5 heteroatoms. The first kappa shape index (κ1) is 24.4. The number of aromatic hydroxyl groups is 1. The summed E-state index contributed by atoms with van der Waals surface area (Å²) in [4.78, 5) is 24.6. The molecule has 0 radical (unpaired) electrons. The minimum Gasteiger partial charge on any atom is -0.507 e. The van der Waals surface area contributed by atoms with Crippen molar-refractivity contribution in [1.82, 2.24) is 0 Å². The molecule has 0 fully saturated rings. The molecule has 0 spiro atoms. The molecule has 0 saturated carbocycles. The summed E-state index contributed by atoms with van der Waals surface area (Å²) in [5.41, 5.74) is 1.60. The molecule has 1 atom stereocenters. The van der Waals surface area contributed by atoms with Crippen molar-refractivity contribution in [3.05, 3.63) is 58.7 Å². The standard InChI is InChI=1S/C26H34O5/c1-6-8-9-14-26(4,5)19-11-12-22(27)20(16-19)25(30)31-23-13-10-18(17(3)7-2)15-21(23)24(28)29/h10-13,15-17,27H,6-9,14H2,1-5H3,(H,28,29). The van der Waals surface area contributed by atoms with Crippen LogP contribution in [0.15, 0.2) is 36.4 Å². The fraction of sp³-hybridized carbons (Fsp3) is 0.462. The zero-order valence-electron chi connectivity index (χ0n) is 19.2. The number of hydrogen-bond acceptors (Lipinski definition) is 4. The molecule has 0 heterocycles. The number of hydrogen-bond donors (Lipinski definition) is 2. The first-order chi connectivity index (χ1) is 14.6. The highest BCUT2D eigenvalue weighted by Crippen LogP contribution is 2.33. The minimum atomic E-state index is -1.16. The zero-order valence-corrected chi connectivity index (χ0v) is 19.2. The smallest absolute Gasteiger partial charge is 0.347 e. The number of benzene rings is 2. The summed E-state index contributed by atoms with van der Waals surface area (Å²) < 4.78 is 5.43. The highest BCUT2D eigenvalue weighted by atomic mass is 16.5. The van der Waals surface area contributed by atoms with E-state index in [0.29, 0.717) is 0 Å². The van der Waals surface area contributed by atoms with Crippen LogP contribution >= 0.6 is 0 Å². The molecule has 0 aliphatic heterocycles. The van der Waals surface area contributed by atoms with Gasteiger partial charge in [0.25, 0.3) is 0 Å². The van der Waals surface area contributed by atoms with Crippen molar-refractivity contribution >= 4 is 11.9 Å². The SMILES string of the molecule is CCCCCC(C)(C)c1ccc(O)c(C(=O)Oc2ccc(C(C)CC)cc2C(=O)O)c1. The van der Waals surface area contributed by atoms with Crippen LogP contribution in [0.1, 0.15) is 104 Å². The fourth-order valence-corrected chi connectivity index (χ4v) is 3.58. The van der Waals surface area contributed by atoms with E-state index in [1.165, 1.54) is 12.1 Å². The van der Waals surface area contributed by atoms with E-state index in [1.54, 1.807) is 18.2 Å². The van der Waals surface area contributed by atoms with Gasteiger partial charge in [0.05, 0.1) is 0 Å². The molecule has 2 aromatic carbocycles. The number of esters is 1. The van der Waals surface area contributed by atoms with Crippen LogP contribution in [0.5, 0.6) is 11.5 Å². The van der Waals surface area contributed by atoms with Gasteiger partial charge in [0, 0.05) is 0 Å². The third-order valence-electron chi connectivity index (χ3n) is 6.02. The number of carbonyl (C=O) groups is 2. The molecule has 2 aromatic rings. The predicted octanol–water partition coefficient (Wildman–Crippen LogP) is 6.68. The van der Waals surface area contributed by atoms with Gasteiger partial charge in [-0.1, -0.05) is 66.0 Å². The Morgan fingerprint density at radius 1 is 1.03 bits per heavy atom. The Morgan fingerprint density at radius 2 is 1.74 bits per heavy atom. The number of aromatic carboxylic acids is 1. The molecule has 0 amide bonds. The first-order valence-corrected chi connectivity index (χ1v) is 11.0. The number of phenols is 1. The van der Waals surface area contributed by atoms with E-state index < -0.39 is 11.9 Å². The summed E-state index contributed by atoms with van der Waals surface area (Å²) in [5, 5.41) is 19.9. The third-order valence-corrected chi connectivity index (χ3v) is 6.02. The lowest BCUT2D eigenvalue weighted by atomic mass is 9.79. The topological polar surface area (TPSA) is 83.8 Å². The molecule has 5 nitrogen and oxygen atoms in total. The minimum absolute atomic E-state index is 0.0309. The summed E-state index contributed by atoms with van der Waals surface area (Å²) >= 11 is 0. The van der Waals surface area contributed by atoms with Crippen LogP contribution in [-0.4, -0.2) is 22.2 Å². The molecule has 0 saturated heterocycles. The summed E-state index contributed by atoms with van der Waals surface area (Å²) in [7, 11) is 0. The van der Waals surface area contributed by atoms with Gasteiger partial charge in [0.2, 0.25) is 0 Å². The molecule has 0 aliphatic rings. The van der Waals surface area contributed by atoms with Gasteiger partial charge in [-0.05, 0) is 59.6 Å². The lowest BCUT2D eigenvalue weighted by Crippen LogP contribution is -2.19. The fourth-order valence-electron chi connectivity index (χ4n) is 3.58. The van der Waals surface area contributed by atoms with Crippen molar-refractivity contribution in [3.63, 3.8) is 0 Å².